The predicted octanol–water partition coefficient (Wildman–Crippen LogP) is 3.83. The monoisotopic (exact) mass is 352 g/mol. The molecule has 21 heavy (non-hydrogen) atoms. The maximum Gasteiger partial charge on any atom is 0.270 e. The zero-order chi connectivity index (χ0) is 15.2. The molecule has 2 rings (SSSR count). The van der Waals surface area contributed by atoms with Crippen molar-refractivity contribution in [3.05, 3.63) is 74.0 Å². The van der Waals surface area contributed by atoms with E-state index in [1.54, 1.807) is 12.1 Å². The number of non-ortho nitro benzene ring substituents is 1. The van der Waals surface area contributed by atoms with Crippen LogP contribution in [0.2, 0.25) is 0 Å². The van der Waals surface area contributed by atoms with E-state index in [0.717, 1.165) is 17.5 Å². The molecule has 0 saturated heterocycles. The summed E-state index contributed by atoms with van der Waals surface area (Å²) in [6.07, 6.45) is 0.725. The Morgan fingerprint density at radius 3 is 2.71 bits per heavy atom. The lowest BCUT2D eigenvalue weighted by Gasteiger charge is -2.07. The number of nitro groups is 1. The molecular formula is C15H14BrFN2O2. The van der Waals surface area contributed by atoms with Gasteiger partial charge in [0.1, 0.15) is 5.82 Å². The van der Waals surface area contributed by atoms with Crippen LogP contribution in [0, 0.1) is 15.9 Å². The molecule has 0 atom stereocenters. The third-order valence-electron chi connectivity index (χ3n) is 3.04. The van der Waals surface area contributed by atoms with Gasteiger partial charge in [-0.05, 0) is 42.3 Å². The highest BCUT2D eigenvalue weighted by Gasteiger charge is 2.08. The number of nitrogens with zero attached hydrogens (tertiary/aromatic N) is 1. The standard InChI is InChI=1S/C15H14BrFN2O2/c16-15-9-14(19(20)21)5-4-12(15)10-18-7-6-11-2-1-3-13(17)8-11/h1-5,8-9,18H,6-7,10H2. The highest BCUT2D eigenvalue weighted by Crippen LogP contribution is 2.22. The van der Waals surface area contributed by atoms with E-state index in [2.05, 4.69) is 21.2 Å². The maximum absolute atomic E-state index is 13.0. The lowest BCUT2D eigenvalue weighted by Crippen LogP contribution is -2.17. The summed E-state index contributed by atoms with van der Waals surface area (Å²) in [6, 6.07) is 11.2. The highest BCUT2D eigenvalue weighted by molar-refractivity contribution is 9.10. The van der Waals surface area contributed by atoms with E-state index in [9.17, 15) is 14.5 Å². The third kappa shape index (κ3) is 4.61. The van der Waals surface area contributed by atoms with Crippen molar-refractivity contribution >= 4 is 21.6 Å². The van der Waals surface area contributed by atoms with E-state index in [0.29, 0.717) is 17.6 Å². The summed E-state index contributed by atoms with van der Waals surface area (Å²) in [5.41, 5.74) is 1.94. The maximum atomic E-state index is 13.0. The first kappa shape index (κ1) is 15.6. The molecule has 2 aromatic rings. The predicted molar refractivity (Wildman–Crippen MR) is 82.6 cm³/mol. The van der Waals surface area contributed by atoms with Gasteiger partial charge in [0.05, 0.1) is 4.92 Å². The topological polar surface area (TPSA) is 55.2 Å². The van der Waals surface area contributed by atoms with Crippen molar-refractivity contribution in [2.24, 2.45) is 0 Å². The number of hydrogen-bond acceptors (Lipinski definition) is 3. The molecule has 2 aromatic carbocycles. The van der Waals surface area contributed by atoms with Crippen LogP contribution in [0.5, 0.6) is 0 Å². The molecule has 0 aliphatic carbocycles. The highest BCUT2D eigenvalue weighted by atomic mass is 79.9. The molecular weight excluding hydrogens is 339 g/mol. The normalized spacial score (nSPS) is 10.6. The molecule has 110 valence electrons. The molecule has 1 N–H and O–H groups in total. The van der Waals surface area contributed by atoms with Crippen molar-refractivity contribution < 1.29 is 9.31 Å². The zero-order valence-corrected chi connectivity index (χ0v) is 12.8. The van der Waals surface area contributed by atoms with E-state index in [1.807, 2.05) is 6.07 Å². The van der Waals surface area contributed by atoms with Crippen LogP contribution in [0.4, 0.5) is 10.1 Å². The molecule has 0 spiro atoms. The Hall–Kier alpha value is -1.79. The largest absolute Gasteiger partial charge is 0.312 e. The Balaban J connectivity index is 1.85. The van der Waals surface area contributed by atoms with E-state index in [-0.39, 0.29) is 11.5 Å². The van der Waals surface area contributed by atoms with Gasteiger partial charge in [-0.3, -0.25) is 10.1 Å². The molecule has 0 unspecified atom stereocenters. The summed E-state index contributed by atoms with van der Waals surface area (Å²) in [6.45, 7) is 1.29. The number of halogens is 2. The Labute approximate surface area is 130 Å². The summed E-state index contributed by atoms with van der Waals surface area (Å²) in [4.78, 5) is 10.2. The van der Waals surface area contributed by atoms with Crippen LogP contribution in [0.15, 0.2) is 46.9 Å². The minimum Gasteiger partial charge on any atom is -0.312 e. The number of nitrogens with one attached hydrogen (secondary N) is 1. The van der Waals surface area contributed by atoms with Crippen LogP contribution in [-0.2, 0) is 13.0 Å². The summed E-state index contributed by atoms with van der Waals surface area (Å²) < 4.78 is 13.7. The fraction of sp³-hybridized carbons (Fsp3) is 0.200. The van der Waals surface area contributed by atoms with Gasteiger partial charge in [0.25, 0.3) is 5.69 Å². The van der Waals surface area contributed by atoms with Crippen LogP contribution < -0.4 is 5.32 Å². The van der Waals surface area contributed by atoms with Crippen LogP contribution in [0.25, 0.3) is 0 Å². The van der Waals surface area contributed by atoms with Crippen LogP contribution in [-0.4, -0.2) is 11.5 Å². The molecule has 0 amide bonds. The second-order valence-corrected chi connectivity index (χ2v) is 5.44. The first-order valence-electron chi connectivity index (χ1n) is 6.44. The fourth-order valence-corrected chi connectivity index (χ4v) is 2.45. The quantitative estimate of drug-likeness (QED) is 0.488. The van der Waals surface area contributed by atoms with Gasteiger partial charge < -0.3 is 5.32 Å². The van der Waals surface area contributed by atoms with Crippen molar-refractivity contribution in [1.29, 1.82) is 0 Å². The van der Waals surface area contributed by atoms with Crippen molar-refractivity contribution in [3.8, 4) is 0 Å². The van der Waals surface area contributed by atoms with Gasteiger partial charge in [0, 0.05) is 23.2 Å². The Morgan fingerprint density at radius 2 is 2.05 bits per heavy atom. The second kappa shape index (κ2) is 7.28. The van der Waals surface area contributed by atoms with E-state index < -0.39 is 4.92 Å². The Bertz CT molecular complexity index is 649. The average Bonchev–Trinajstić information content (AvgIpc) is 2.45. The zero-order valence-electron chi connectivity index (χ0n) is 11.2. The van der Waals surface area contributed by atoms with E-state index in [4.69, 9.17) is 0 Å². The summed E-state index contributed by atoms with van der Waals surface area (Å²) in [7, 11) is 0. The van der Waals surface area contributed by atoms with Crippen molar-refractivity contribution in [2.45, 2.75) is 13.0 Å². The van der Waals surface area contributed by atoms with Crippen molar-refractivity contribution in [3.63, 3.8) is 0 Å². The van der Waals surface area contributed by atoms with E-state index in [1.165, 1.54) is 24.3 Å². The van der Waals surface area contributed by atoms with Gasteiger partial charge in [-0.25, -0.2) is 4.39 Å². The van der Waals surface area contributed by atoms with Gasteiger partial charge in [-0.2, -0.15) is 0 Å². The molecule has 0 fully saturated rings. The second-order valence-electron chi connectivity index (χ2n) is 4.59. The molecule has 0 radical (unpaired) electrons. The van der Waals surface area contributed by atoms with Crippen LogP contribution in [0.3, 0.4) is 0 Å². The Morgan fingerprint density at radius 1 is 1.24 bits per heavy atom. The number of hydrogen-bond donors (Lipinski definition) is 1. The van der Waals surface area contributed by atoms with Crippen molar-refractivity contribution in [1.82, 2.24) is 5.32 Å². The smallest absolute Gasteiger partial charge is 0.270 e. The van der Waals surface area contributed by atoms with Gasteiger partial charge in [-0.15, -0.1) is 0 Å². The van der Waals surface area contributed by atoms with Crippen molar-refractivity contribution in [2.75, 3.05) is 6.54 Å². The summed E-state index contributed by atoms with van der Waals surface area (Å²) >= 11 is 3.33. The summed E-state index contributed by atoms with van der Waals surface area (Å²) in [5, 5.41) is 13.9. The van der Waals surface area contributed by atoms with E-state index >= 15 is 0 Å². The molecule has 0 heterocycles. The third-order valence-corrected chi connectivity index (χ3v) is 3.78. The Kier molecular flexibility index (Phi) is 5.41. The lowest BCUT2D eigenvalue weighted by molar-refractivity contribution is -0.384. The molecule has 0 saturated carbocycles. The lowest BCUT2D eigenvalue weighted by atomic mass is 10.1. The molecule has 4 nitrogen and oxygen atoms in total. The molecule has 0 aliphatic rings. The molecule has 0 aliphatic heterocycles. The SMILES string of the molecule is O=[N+]([O-])c1ccc(CNCCc2cccc(F)c2)c(Br)c1. The number of nitro benzene ring substituents is 1. The number of rotatable bonds is 6. The fourth-order valence-electron chi connectivity index (χ4n) is 1.94. The van der Waals surface area contributed by atoms with Crippen LogP contribution >= 0.6 is 15.9 Å². The van der Waals surface area contributed by atoms with Gasteiger partial charge in [-0.1, -0.05) is 28.1 Å². The van der Waals surface area contributed by atoms with Gasteiger partial charge >= 0.3 is 0 Å². The molecule has 0 bridgehead atoms. The van der Waals surface area contributed by atoms with Gasteiger partial charge in [0.15, 0.2) is 0 Å². The molecule has 0 aromatic heterocycles. The first-order valence-corrected chi connectivity index (χ1v) is 7.23. The minimum atomic E-state index is -0.425. The average molecular weight is 353 g/mol. The van der Waals surface area contributed by atoms with Gasteiger partial charge in [0.2, 0.25) is 0 Å². The first-order chi connectivity index (χ1) is 10.1. The summed E-state index contributed by atoms with van der Waals surface area (Å²) in [5.74, 6) is -0.231. The minimum absolute atomic E-state index is 0.0605. The number of benzene rings is 2. The molecule has 6 heteroatoms. The van der Waals surface area contributed by atoms with Crippen LogP contribution in [0.1, 0.15) is 11.1 Å².